The monoisotopic (exact) mass is 322 g/mol. The molecule has 4 heteroatoms. The first kappa shape index (κ1) is 16.5. The maximum Gasteiger partial charge on any atom is 0.0794 e. The van der Waals surface area contributed by atoms with E-state index in [4.69, 9.17) is 11.6 Å². The number of hydrogen-bond acceptors (Lipinski definition) is 3. The third-order valence-electron chi connectivity index (χ3n) is 3.43. The number of halogens is 1. The van der Waals surface area contributed by atoms with Gasteiger partial charge in [0.2, 0.25) is 0 Å². The smallest absolute Gasteiger partial charge is 0.0794 e. The summed E-state index contributed by atoms with van der Waals surface area (Å²) in [4.78, 5) is 4.42. The molecule has 0 spiro atoms. The minimum Gasteiger partial charge on any atom is -0.316 e. The van der Waals surface area contributed by atoms with E-state index < -0.39 is 0 Å². The number of rotatable bonds is 8. The van der Waals surface area contributed by atoms with Crippen LogP contribution in [0.3, 0.4) is 0 Å². The number of hydrogen-bond donors (Lipinski definition) is 1. The van der Waals surface area contributed by atoms with Gasteiger partial charge in [0.05, 0.1) is 11.2 Å². The van der Waals surface area contributed by atoms with Gasteiger partial charge in [-0.3, -0.25) is 0 Å². The van der Waals surface area contributed by atoms with Crippen LogP contribution in [0.5, 0.6) is 0 Å². The fraction of sp³-hybridized carbons (Fsp3) is 0.471. The van der Waals surface area contributed by atoms with Crippen molar-refractivity contribution in [3.63, 3.8) is 0 Å². The molecule has 1 unspecified atom stereocenters. The van der Waals surface area contributed by atoms with Crippen molar-refractivity contribution in [2.45, 2.75) is 26.7 Å². The molecule has 0 saturated carbocycles. The minimum atomic E-state index is 0.519. The van der Waals surface area contributed by atoms with Crippen molar-refractivity contribution >= 4 is 22.9 Å². The van der Waals surface area contributed by atoms with Crippen LogP contribution >= 0.6 is 22.9 Å². The van der Waals surface area contributed by atoms with Gasteiger partial charge in [0.1, 0.15) is 0 Å². The molecule has 0 aliphatic heterocycles. The van der Waals surface area contributed by atoms with Crippen LogP contribution in [-0.4, -0.2) is 18.1 Å². The van der Waals surface area contributed by atoms with E-state index in [1.165, 1.54) is 11.3 Å². The van der Waals surface area contributed by atoms with E-state index in [9.17, 15) is 0 Å². The van der Waals surface area contributed by atoms with E-state index in [1.54, 1.807) is 11.3 Å². The van der Waals surface area contributed by atoms with Crippen molar-refractivity contribution in [1.82, 2.24) is 10.3 Å². The van der Waals surface area contributed by atoms with Crippen LogP contribution in [0.1, 0.15) is 25.1 Å². The highest BCUT2D eigenvalue weighted by molar-refractivity contribution is 7.07. The lowest BCUT2D eigenvalue weighted by atomic mass is 9.94. The van der Waals surface area contributed by atoms with E-state index in [2.05, 4.69) is 41.7 Å². The van der Waals surface area contributed by atoms with Crippen molar-refractivity contribution in [2.24, 2.45) is 11.8 Å². The summed E-state index contributed by atoms with van der Waals surface area (Å²) >= 11 is 7.96. The SMILES string of the molecule is CC(C)CNCC(Cc1cscn1)Cc1ccccc1Cl. The molecule has 0 bridgehead atoms. The highest BCUT2D eigenvalue weighted by Crippen LogP contribution is 2.21. The zero-order chi connectivity index (χ0) is 15.1. The average molecular weight is 323 g/mol. The quantitative estimate of drug-likeness (QED) is 0.777. The fourth-order valence-corrected chi connectivity index (χ4v) is 3.19. The van der Waals surface area contributed by atoms with Crippen LogP contribution in [0.2, 0.25) is 5.02 Å². The summed E-state index contributed by atoms with van der Waals surface area (Å²) in [5.74, 6) is 1.19. The Morgan fingerprint density at radius 2 is 2.00 bits per heavy atom. The number of nitrogens with one attached hydrogen (secondary N) is 1. The predicted octanol–water partition coefficient (Wildman–Crippen LogP) is 4.44. The number of aromatic nitrogens is 1. The van der Waals surface area contributed by atoms with Crippen LogP contribution in [0, 0.1) is 11.8 Å². The molecule has 2 aromatic rings. The Hall–Kier alpha value is -0.900. The zero-order valence-electron chi connectivity index (χ0n) is 12.7. The molecule has 1 atom stereocenters. The molecular weight excluding hydrogens is 300 g/mol. The Kier molecular flexibility index (Phi) is 6.68. The van der Waals surface area contributed by atoms with Gasteiger partial charge in [0.15, 0.2) is 0 Å². The van der Waals surface area contributed by atoms with Crippen LogP contribution in [0.15, 0.2) is 35.2 Å². The standard InChI is InChI=1S/C17H23ClN2S/c1-13(2)9-19-10-14(8-16-11-21-12-20-16)7-15-5-3-4-6-17(15)18/h3-6,11-14,19H,7-10H2,1-2H3. The summed E-state index contributed by atoms with van der Waals surface area (Å²) in [6.07, 6.45) is 1.99. The van der Waals surface area contributed by atoms with Gasteiger partial charge in [-0.15, -0.1) is 11.3 Å². The van der Waals surface area contributed by atoms with Crippen molar-refractivity contribution in [1.29, 1.82) is 0 Å². The molecular formula is C17H23ClN2S. The first-order chi connectivity index (χ1) is 10.1. The Morgan fingerprint density at radius 3 is 2.67 bits per heavy atom. The maximum atomic E-state index is 6.30. The largest absolute Gasteiger partial charge is 0.316 e. The van der Waals surface area contributed by atoms with E-state index in [0.29, 0.717) is 11.8 Å². The fourth-order valence-electron chi connectivity index (χ4n) is 2.40. The maximum absolute atomic E-state index is 6.30. The van der Waals surface area contributed by atoms with Crippen LogP contribution in [-0.2, 0) is 12.8 Å². The Morgan fingerprint density at radius 1 is 1.19 bits per heavy atom. The first-order valence-corrected chi connectivity index (χ1v) is 8.78. The van der Waals surface area contributed by atoms with Gasteiger partial charge in [-0.2, -0.15) is 0 Å². The van der Waals surface area contributed by atoms with Gasteiger partial charge in [-0.05, 0) is 49.4 Å². The molecule has 1 N–H and O–H groups in total. The molecule has 0 amide bonds. The zero-order valence-corrected chi connectivity index (χ0v) is 14.3. The third-order valence-corrected chi connectivity index (χ3v) is 4.44. The average Bonchev–Trinajstić information content (AvgIpc) is 2.93. The number of nitrogens with zero attached hydrogens (tertiary/aromatic N) is 1. The second-order valence-electron chi connectivity index (χ2n) is 5.90. The summed E-state index contributed by atoms with van der Waals surface area (Å²) < 4.78 is 0. The third kappa shape index (κ3) is 5.77. The molecule has 1 aromatic carbocycles. The van der Waals surface area contributed by atoms with E-state index in [0.717, 1.165) is 31.0 Å². The van der Waals surface area contributed by atoms with Gasteiger partial charge in [-0.1, -0.05) is 43.6 Å². The molecule has 1 aromatic heterocycles. The highest BCUT2D eigenvalue weighted by atomic mass is 35.5. The lowest BCUT2D eigenvalue weighted by molar-refractivity contribution is 0.443. The van der Waals surface area contributed by atoms with Crippen molar-refractivity contribution < 1.29 is 0 Å². The first-order valence-electron chi connectivity index (χ1n) is 7.46. The minimum absolute atomic E-state index is 0.519. The van der Waals surface area contributed by atoms with Gasteiger partial charge in [0.25, 0.3) is 0 Å². The second-order valence-corrected chi connectivity index (χ2v) is 7.02. The normalized spacial score (nSPS) is 12.8. The molecule has 0 fully saturated rings. The van der Waals surface area contributed by atoms with Crippen LogP contribution in [0.25, 0.3) is 0 Å². The number of benzene rings is 1. The molecule has 21 heavy (non-hydrogen) atoms. The molecule has 0 radical (unpaired) electrons. The molecule has 1 heterocycles. The van der Waals surface area contributed by atoms with Gasteiger partial charge in [0, 0.05) is 10.4 Å². The molecule has 0 aliphatic rings. The molecule has 2 nitrogen and oxygen atoms in total. The molecule has 114 valence electrons. The molecule has 0 aliphatic carbocycles. The summed E-state index contributed by atoms with van der Waals surface area (Å²) in [5, 5.41) is 6.58. The van der Waals surface area contributed by atoms with Crippen molar-refractivity contribution in [3.05, 3.63) is 51.4 Å². The molecule has 2 rings (SSSR count). The lowest BCUT2D eigenvalue weighted by Crippen LogP contribution is -2.29. The van der Waals surface area contributed by atoms with Gasteiger partial charge in [-0.25, -0.2) is 4.98 Å². The lowest BCUT2D eigenvalue weighted by Gasteiger charge is -2.18. The summed E-state index contributed by atoms with van der Waals surface area (Å²) in [7, 11) is 0. The van der Waals surface area contributed by atoms with Crippen LogP contribution < -0.4 is 5.32 Å². The van der Waals surface area contributed by atoms with Crippen molar-refractivity contribution in [3.8, 4) is 0 Å². The Balaban J connectivity index is 1.98. The predicted molar refractivity (Wildman–Crippen MR) is 92.2 cm³/mol. The van der Waals surface area contributed by atoms with Crippen molar-refractivity contribution in [2.75, 3.05) is 13.1 Å². The number of thiazole rings is 1. The summed E-state index contributed by atoms with van der Waals surface area (Å²) in [6.45, 7) is 6.52. The second kappa shape index (κ2) is 8.52. The molecule has 0 saturated heterocycles. The van der Waals surface area contributed by atoms with Gasteiger partial charge < -0.3 is 5.32 Å². The van der Waals surface area contributed by atoms with Crippen LogP contribution in [0.4, 0.5) is 0 Å². The summed E-state index contributed by atoms with van der Waals surface area (Å²) in [5.41, 5.74) is 4.32. The Labute approximate surface area is 136 Å². The Bertz CT molecular complexity index is 525. The highest BCUT2D eigenvalue weighted by Gasteiger charge is 2.13. The van der Waals surface area contributed by atoms with E-state index in [-0.39, 0.29) is 0 Å². The summed E-state index contributed by atoms with van der Waals surface area (Å²) in [6, 6.07) is 8.14. The van der Waals surface area contributed by atoms with Gasteiger partial charge >= 0.3 is 0 Å². The van der Waals surface area contributed by atoms with E-state index in [1.807, 2.05) is 17.6 Å². The topological polar surface area (TPSA) is 24.9 Å². The van der Waals surface area contributed by atoms with E-state index >= 15 is 0 Å².